The second-order valence-corrected chi connectivity index (χ2v) is 4.41. The summed E-state index contributed by atoms with van der Waals surface area (Å²) in [5.41, 5.74) is 6.73. The molecule has 3 nitrogen and oxygen atoms in total. The SMILES string of the molecule is CCC(N)COCCOc1ccc(Cl)c(C)c1. The maximum atomic E-state index is 5.92. The fraction of sp³-hybridized carbons (Fsp3) is 0.538. The second-order valence-electron chi connectivity index (χ2n) is 4.00. The standard InChI is InChI=1S/C13H20ClNO2/c1-3-11(15)9-16-6-7-17-12-4-5-13(14)10(2)8-12/h4-5,8,11H,3,6-7,9,15H2,1-2H3. The van der Waals surface area contributed by atoms with Gasteiger partial charge in [0.05, 0.1) is 13.2 Å². The van der Waals surface area contributed by atoms with E-state index in [-0.39, 0.29) is 6.04 Å². The minimum absolute atomic E-state index is 0.118. The number of halogens is 1. The zero-order valence-corrected chi connectivity index (χ0v) is 11.2. The lowest BCUT2D eigenvalue weighted by Crippen LogP contribution is -2.26. The summed E-state index contributed by atoms with van der Waals surface area (Å²) in [6.07, 6.45) is 0.928. The highest BCUT2D eigenvalue weighted by Gasteiger charge is 2.00. The first-order chi connectivity index (χ1) is 8.13. The lowest BCUT2D eigenvalue weighted by atomic mass is 10.2. The number of rotatable bonds is 7. The van der Waals surface area contributed by atoms with Crippen LogP contribution in [0.1, 0.15) is 18.9 Å². The van der Waals surface area contributed by atoms with Crippen molar-refractivity contribution >= 4 is 11.6 Å². The summed E-state index contributed by atoms with van der Waals surface area (Å²) in [7, 11) is 0. The van der Waals surface area contributed by atoms with Crippen molar-refractivity contribution < 1.29 is 9.47 Å². The molecule has 0 amide bonds. The van der Waals surface area contributed by atoms with Crippen molar-refractivity contribution in [1.29, 1.82) is 0 Å². The summed E-state index contributed by atoms with van der Waals surface area (Å²) < 4.78 is 10.9. The van der Waals surface area contributed by atoms with E-state index < -0.39 is 0 Å². The van der Waals surface area contributed by atoms with Crippen LogP contribution in [0.15, 0.2) is 18.2 Å². The molecule has 2 N–H and O–H groups in total. The Morgan fingerprint density at radius 1 is 1.35 bits per heavy atom. The van der Waals surface area contributed by atoms with Gasteiger partial charge in [0.2, 0.25) is 0 Å². The van der Waals surface area contributed by atoms with Crippen LogP contribution < -0.4 is 10.5 Å². The molecule has 1 atom stereocenters. The molecule has 0 aromatic heterocycles. The topological polar surface area (TPSA) is 44.5 Å². The van der Waals surface area contributed by atoms with Crippen LogP contribution >= 0.6 is 11.6 Å². The van der Waals surface area contributed by atoms with Crippen molar-refractivity contribution in [3.8, 4) is 5.75 Å². The first-order valence-corrected chi connectivity index (χ1v) is 6.23. The zero-order valence-electron chi connectivity index (χ0n) is 10.4. The van der Waals surface area contributed by atoms with Gasteiger partial charge in [-0.1, -0.05) is 18.5 Å². The van der Waals surface area contributed by atoms with Gasteiger partial charge < -0.3 is 15.2 Å². The Labute approximate surface area is 108 Å². The van der Waals surface area contributed by atoms with Crippen LogP contribution in [0.4, 0.5) is 0 Å². The summed E-state index contributed by atoms with van der Waals surface area (Å²) >= 11 is 5.92. The van der Waals surface area contributed by atoms with Crippen molar-refractivity contribution in [1.82, 2.24) is 0 Å². The van der Waals surface area contributed by atoms with Gasteiger partial charge in [-0.05, 0) is 37.1 Å². The van der Waals surface area contributed by atoms with Crippen molar-refractivity contribution in [2.45, 2.75) is 26.3 Å². The minimum atomic E-state index is 0.118. The number of aryl methyl sites for hydroxylation is 1. The Balaban J connectivity index is 2.20. The highest BCUT2D eigenvalue weighted by atomic mass is 35.5. The molecular weight excluding hydrogens is 238 g/mol. The largest absolute Gasteiger partial charge is 0.491 e. The van der Waals surface area contributed by atoms with Crippen LogP contribution in [-0.4, -0.2) is 25.9 Å². The molecule has 17 heavy (non-hydrogen) atoms. The maximum Gasteiger partial charge on any atom is 0.119 e. The molecule has 0 aliphatic rings. The Morgan fingerprint density at radius 2 is 2.12 bits per heavy atom. The van der Waals surface area contributed by atoms with Crippen LogP contribution in [0.5, 0.6) is 5.75 Å². The Bertz CT molecular complexity index is 344. The van der Waals surface area contributed by atoms with E-state index in [1.807, 2.05) is 32.0 Å². The minimum Gasteiger partial charge on any atom is -0.491 e. The average Bonchev–Trinajstić information content (AvgIpc) is 2.33. The van der Waals surface area contributed by atoms with E-state index in [1.165, 1.54) is 0 Å². The van der Waals surface area contributed by atoms with Gasteiger partial charge in [0.1, 0.15) is 12.4 Å². The fourth-order valence-corrected chi connectivity index (χ4v) is 1.40. The fourth-order valence-electron chi connectivity index (χ4n) is 1.28. The molecule has 0 heterocycles. The first kappa shape index (κ1) is 14.3. The van der Waals surface area contributed by atoms with Gasteiger partial charge in [-0.25, -0.2) is 0 Å². The monoisotopic (exact) mass is 257 g/mol. The lowest BCUT2D eigenvalue weighted by Gasteiger charge is -2.11. The number of ether oxygens (including phenoxy) is 2. The van der Waals surface area contributed by atoms with Crippen molar-refractivity contribution in [3.05, 3.63) is 28.8 Å². The molecule has 1 rings (SSSR count). The average molecular weight is 258 g/mol. The van der Waals surface area contributed by atoms with Crippen LogP contribution in [-0.2, 0) is 4.74 Å². The molecule has 0 bridgehead atoms. The summed E-state index contributed by atoms with van der Waals surface area (Å²) in [5, 5.41) is 0.752. The quantitative estimate of drug-likeness (QED) is 0.764. The maximum absolute atomic E-state index is 5.92. The Morgan fingerprint density at radius 3 is 2.76 bits per heavy atom. The van der Waals surface area contributed by atoms with E-state index in [0.29, 0.717) is 19.8 Å². The summed E-state index contributed by atoms with van der Waals surface area (Å²) in [6, 6.07) is 5.72. The molecule has 1 aromatic rings. The third-order valence-corrected chi connectivity index (χ3v) is 2.91. The molecule has 4 heteroatoms. The Hall–Kier alpha value is -0.770. The molecule has 96 valence electrons. The van der Waals surface area contributed by atoms with Crippen LogP contribution in [0.2, 0.25) is 5.02 Å². The lowest BCUT2D eigenvalue weighted by molar-refractivity contribution is 0.0897. The molecule has 1 aromatic carbocycles. The molecule has 0 aliphatic heterocycles. The Kier molecular flexibility index (Phi) is 6.34. The van der Waals surface area contributed by atoms with Gasteiger partial charge in [-0.2, -0.15) is 0 Å². The summed E-state index contributed by atoms with van der Waals surface area (Å²) in [5.74, 6) is 0.815. The third kappa shape index (κ3) is 5.39. The zero-order chi connectivity index (χ0) is 12.7. The molecule has 0 fully saturated rings. The van der Waals surface area contributed by atoms with Gasteiger partial charge in [0.25, 0.3) is 0 Å². The molecule has 0 saturated heterocycles. The summed E-state index contributed by atoms with van der Waals surface area (Å²) in [6.45, 7) is 5.65. The van der Waals surface area contributed by atoms with Crippen molar-refractivity contribution in [2.75, 3.05) is 19.8 Å². The highest BCUT2D eigenvalue weighted by Crippen LogP contribution is 2.20. The van der Waals surface area contributed by atoms with E-state index in [2.05, 4.69) is 0 Å². The van der Waals surface area contributed by atoms with E-state index in [1.54, 1.807) is 0 Å². The highest BCUT2D eigenvalue weighted by molar-refractivity contribution is 6.31. The molecule has 0 spiro atoms. The number of hydrogen-bond acceptors (Lipinski definition) is 3. The van der Waals surface area contributed by atoms with E-state index >= 15 is 0 Å². The van der Waals surface area contributed by atoms with Gasteiger partial charge in [0.15, 0.2) is 0 Å². The normalized spacial score (nSPS) is 12.5. The molecular formula is C13H20ClNO2. The predicted octanol–water partition coefficient (Wildman–Crippen LogP) is 2.78. The van der Waals surface area contributed by atoms with Gasteiger partial charge >= 0.3 is 0 Å². The molecule has 0 aliphatic carbocycles. The van der Waals surface area contributed by atoms with Gasteiger partial charge in [-0.3, -0.25) is 0 Å². The van der Waals surface area contributed by atoms with E-state index in [4.69, 9.17) is 26.8 Å². The predicted molar refractivity (Wildman–Crippen MR) is 70.8 cm³/mol. The number of nitrogens with two attached hydrogens (primary N) is 1. The second kappa shape index (κ2) is 7.54. The van der Waals surface area contributed by atoms with Crippen molar-refractivity contribution in [2.24, 2.45) is 5.73 Å². The van der Waals surface area contributed by atoms with Gasteiger partial charge in [0, 0.05) is 11.1 Å². The summed E-state index contributed by atoms with van der Waals surface area (Å²) in [4.78, 5) is 0. The number of benzene rings is 1. The first-order valence-electron chi connectivity index (χ1n) is 5.85. The van der Waals surface area contributed by atoms with Gasteiger partial charge in [-0.15, -0.1) is 0 Å². The van der Waals surface area contributed by atoms with Crippen LogP contribution in [0.3, 0.4) is 0 Å². The third-order valence-electron chi connectivity index (χ3n) is 2.48. The van der Waals surface area contributed by atoms with E-state index in [0.717, 1.165) is 22.8 Å². The van der Waals surface area contributed by atoms with Crippen LogP contribution in [0.25, 0.3) is 0 Å². The van der Waals surface area contributed by atoms with Crippen LogP contribution in [0, 0.1) is 6.92 Å². The molecule has 1 unspecified atom stereocenters. The number of hydrogen-bond donors (Lipinski definition) is 1. The molecule has 0 radical (unpaired) electrons. The van der Waals surface area contributed by atoms with Crippen molar-refractivity contribution in [3.63, 3.8) is 0 Å². The smallest absolute Gasteiger partial charge is 0.119 e. The van der Waals surface area contributed by atoms with E-state index in [9.17, 15) is 0 Å². The molecule has 0 saturated carbocycles.